The molecule has 0 spiro atoms. The predicted octanol–water partition coefficient (Wildman–Crippen LogP) is 0.569. The van der Waals surface area contributed by atoms with Gasteiger partial charge in [0.15, 0.2) is 5.58 Å². The van der Waals surface area contributed by atoms with Gasteiger partial charge >= 0.3 is 5.76 Å². The van der Waals surface area contributed by atoms with Crippen LogP contribution in [0.5, 0.6) is 0 Å². The number of para-hydroxylation sites is 1. The van der Waals surface area contributed by atoms with Crippen LogP contribution in [0.2, 0.25) is 0 Å². The van der Waals surface area contributed by atoms with Crippen LogP contribution in [-0.2, 0) is 6.42 Å². The van der Waals surface area contributed by atoms with Crippen LogP contribution >= 0.6 is 0 Å². The molecule has 2 aromatic rings. The molecular weight excluding hydrogens is 230 g/mol. The maximum Gasteiger partial charge on any atom is 0.417 e. The van der Waals surface area contributed by atoms with Gasteiger partial charge in [0.2, 0.25) is 0 Å². The van der Waals surface area contributed by atoms with E-state index in [2.05, 4.69) is 21.3 Å². The molecule has 5 nitrogen and oxygen atoms in total. The van der Waals surface area contributed by atoms with Gasteiger partial charge in [0.05, 0.1) is 5.52 Å². The van der Waals surface area contributed by atoms with Gasteiger partial charge in [-0.05, 0) is 18.1 Å². The van der Waals surface area contributed by atoms with Gasteiger partial charge in [-0.2, -0.15) is 0 Å². The van der Waals surface area contributed by atoms with Crippen molar-refractivity contribution in [3.63, 3.8) is 0 Å². The molecule has 1 aliphatic heterocycles. The zero-order valence-corrected chi connectivity index (χ0v) is 10.2. The van der Waals surface area contributed by atoms with Crippen molar-refractivity contribution in [3.8, 4) is 0 Å². The predicted molar refractivity (Wildman–Crippen MR) is 69.8 cm³/mol. The maximum absolute atomic E-state index is 11.2. The lowest BCUT2D eigenvalue weighted by Crippen LogP contribution is -2.44. The zero-order chi connectivity index (χ0) is 12.4. The molecule has 0 atom stereocenters. The van der Waals surface area contributed by atoms with Crippen LogP contribution in [0, 0.1) is 0 Å². The Morgan fingerprint density at radius 2 is 2.11 bits per heavy atom. The molecule has 1 fully saturated rings. The molecule has 0 radical (unpaired) electrons. The largest absolute Gasteiger partial charge is 0.417 e. The summed E-state index contributed by atoms with van der Waals surface area (Å²) in [5.41, 5.74) is 2.65. The van der Waals surface area contributed by atoms with E-state index in [4.69, 9.17) is 4.42 Å². The number of hydrogen-bond acceptors (Lipinski definition) is 4. The van der Waals surface area contributed by atoms with E-state index in [0.29, 0.717) is 5.58 Å². The third kappa shape index (κ3) is 2.32. The van der Waals surface area contributed by atoms with Crippen molar-refractivity contribution in [2.45, 2.75) is 6.42 Å². The Morgan fingerprint density at radius 3 is 2.94 bits per heavy atom. The van der Waals surface area contributed by atoms with Gasteiger partial charge in [-0.3, -0.25) is 4.98 Å². The molecule has 0 bridgehead atoms. The number of piperazine rings is 1. The lowest BCUT2D eigenvalue weighted by molar-refractivity contribution is 0.244. The van der Waals surface area contributed by atoms with Gasteiger partial charge in [0, 0.05) is 32.7 Å². The summed E-state index contributed by atoms with van der Waals surface area (Å²) in [7, 11) is 0. The van der Waals surface area contributed by atoms with Crippen LogP contribution in [0.25, 0.3) is 11.1 Å². The molecule has 1 aromatic carbocycles. The number of oxazole rings is 1. The number of benzene rings is 1. The highest BCUT2D eigenvalue weighted by atomic mass is 16.4. The summed E-state index contributed by atoms with van der Waals surface area (Å²) in [6, 6.07) is 5.81. The minimum Gasteiger partial charge on any atom is -0.408 e. The molecule has 1 aliphatic rings. The van der Waals surface area contributed by atoms with Gasteiger partial charge < -0.3 is 14.6 Å². The molecular formula is C13H17N3O2. The Balaban J connectivity index is 1.75. The molecule has 1 aromatic heterocycles. The van der Waals surface area contributed by atoms with E-state index in [1.807, 2.05) is 12.1 Å². The van der Waals surface area contributed by atoms with Gasteiger partial charge in [-0.25, -0.2) is 4.79 Å². The minimum absolute atomic E-state index is 0.375. The fraction of sp³-hybridized carbons (Fsp3) is 0.462. The van der Waals surface area contributed by atoms with E-state index >= 15 is 0 Å². The first kappa shape index (κ1) is 11.5. The number of nitrogens with one attached hydrogen (secondary N) is 2. The summed E-state index contributed by atoms with van der Waals surface area (Å²) in [6.45, 7) is 5.34. The van der Waals surface area contributed by atoms with E-state index in [1.165, 1.54) is 0 Å². The van der Waals surface area contributed by atoms with Gasteiger partial charge in [0.25, 0.3) is 0 Å². The highest BCUT2D eigenvalue weighted by Crippen LogP contribution is 2.15. The van der Waals surface area contributed by atoms with Crippen LogP contribution in [0.4, 0.5) is 0 Å². The van der Waals surface area contributed by atoms with E-state index in [9.17, 15) is 4.79 Å². The van der Waals surface area contributed by atoms with Crippen LogP contribution in [0.1, 0.15) is 5.56 Å². The average Bonchev–Trinajstić information content (AvgIpc) is 2.78. The third-order valence-corrected chi connectivity index (χ3v) is 3.45. The highest BCUT2D eigenvalue weighted by molar-refractivity contribution is 5.75. The fourth-order valence-corrected chi connectivity index (χ4v) is 2.45. The first-order valence-electron chi connectivity index (χ1n) is 6.37. The molecule has 0 saturated carbocycles. The van der Waals surface area contributed by atoms with E-state index in [-0.39, 0.29) is 5.76 Å². The first-order valence-corrected chi connectivity index (χ1v) is 6.37. The van der Waals surface area contributed by atoms with Crippen molar-refractivity contribution in [1.29, 1.82) is 0 Å². The molecule has 0 amide bonds. The molecule has 3 rings (SSSR count). The Bertz CT molecular complexity index is 581. The number of rotatable bonds is 3. The average molecular weight is 247 g/mol. The first-order chi connectivity index (χ1) is 8.83. The van der Waals surface area contributed by atoms with Crippen LogP contribution in [0.15, 0.2) is 27.4 Å². The second-order valence-corrected chi connectivity index (χ2v) is 4.65. The van der Waals surface area contributed by atoms with Crippen molar-refractivity contribution in [1.82, 2.24) is 15.2 Å². The SMILES string of the molecule is O=c1[nH]c2c(CCN3CCNCC3)cccc2o1. The lowest BCUT2D eigenvalue weighted by Gasteiger charge is -2.27. The molecule has 96 valence electrons. The number of H-pyrrole nitrogens is 1. The van der Waals surface area contributed by atoms with Gasteiger partial charge in [0.1, 0.15) is 0 Å². The number of aromatic amines is 1. The van der Waals surface area contributed by atoms with Crippen molar-refractivity contribution < 1.29 is 4.42 Å². The van der Waals surface area contributed by atoms with Crippen molar-refractivity contribution >= 4 is 11.1 Å². The van der Waals surface area contributed by atoms with Crippen LogP contribution in [0.3, 0.4) is 0 Å². The molecule has 0 aliphatic carbocycles. The van der Waals surface area contributed by atoms with Crippen molar-refractivity contribution in [2.75, 3.05) is 32.7 Å². The zero-order valence-electron chi connectivity index (χ0n) is 10.2. The van der Waals surface area contributed by atoms with Crippen molar-refractivity contribution in [3.05, 3.63) is 34.3 Å². The molecule has 2 N–H and O–H groups in total. The molecule has 5 heteroatoms. The number of fused-ring (bicyclic) bond motifs is 1. The smallest absolute Gasteiger partial charge is 0.408 e. The van der Waals surface area contributed by atoms with Crippen molar-refractivity contribution in [2.24, 2.45) is 0 Å². The summed E-state index contributed by atoms with van der Waals surface area (Å²) in [5.74, 6) is -0.375. The molecule has 0 unspecified atom stereocenters. The summed E-state index contributed by atoms with van der Waals surface area (Å²) in [4.78, 5) is 16.4. The Kier molecular flexibility index (Phi) is 3.17. The molecule has 18 heavy (non-hydrogen) atoms. The second-order valence-electron chi connectivity index (χ2n) is 4.65. The van der Waals surface area contributed by atoms with Crippen LogP contribution < -0.4 is 11.1 Å². The topological polar surface area (TPSA) is 61.3 Å². The van der Waals surface area contributed by atoms with Crippen LogP contribution in [-0.4, -0.2) is 42.6 Å². The highest BCUT2D eigenvalue weighted by Gasteiger charge is 2.11. The molecule has 2 heterocycles. The second kappa shape index (κ2) is 4.96. The number of nitrogens with zero attached hydrogens (tertiary/aromatic N) is 1. The Labute approximate surface area is 105 Å². The summed E-state index contributed by atoms with van der Waals surface area (Å²) in [5, 5.41) is 3.34. The van der Waals surface area contributed by atoms with E-state index in [0.717, 1.165) is 50.2 Å². The lowest BCUT2D eigenvalue weighted by atomic mass is 10.1. The fourth-order valence-electron chi connectivity index (χ4n) is 2.45. The monoisotopic (exact) mass is 247 g/mol. The van der Waals surface area contributed by atoms with E-state index in [1.54, 1.807) is 0 Å². The number of hydrogen-bond donors (Lipinski definition) is 2. The normalized spacial score (nSPS) is 17.3. The molecule has 1 saturated heterocycles. The maximum atomic E-state index is 11.2. The summed E-state index contributed by atoms with van der Waals surface area (Å²) >= 11 is 0. The third-order valence-electron chi connectivity index (χ3n) is 3.45. The van der Waals surface area contributed by atoms with Gasteiger partial charge in [-0.1, -0.05) is 12.1 Å². The summed E-state index contributed by atoms with van der Waals surface area (Å²) in [6.07, 6.45) is 0.937. The van der Waals surface area contributed by atoms with E-state index < -0.39 is 0 Å². The Morgan fingerprint density at radius 1 is 1.28 bits per heavy atom. The minimum atomic E-state index is -0.375. The summed E-state index contributed by atoms with van der Waals surface area (Å²) < 4.78 is 5.07. The number of aromatic nitrogens is 1. The Hall–Kier alpha value is -1.59. The quantitative estimate of drug-likeness (QED) is 0.832. The van der Waals surface area contributed by atoms with Gasteiger partial charge in [-0.15, -0.1) is 0 Å². The standard InChI is InChI=1S/C13H17N3O2/c17-13-15-12-10(2-1-3-11(12)18-13)4-7-16-8-5-14-6-9-16/h1-3,14H,4-9H2,(H,15,17).